The van der Waals surface area contributed by atoms with Gasteiger partial charge in [0.2, 0.25) is 0 Å². The number of carbonyl (C=O) groups excluding carboxylic acids is 1. The van der Waals surface area contributed by atoms with Crippen LogP contribution in [0.2, 0.25) is 0 Å². The number of benzene rings is 1. The Morgan fingerprint density at radius 1 is 1.40 bits per heavy atom. The third-order valence-corrected chi connectivity index (χ3v) is 3.49. The van der Waals surface area contributed by atoms with E-state index in [2.05, 4.69) is 5.32 Å². The lowest BCUT2D eigenvalue weighted by molar-refractivity contribution is 0.0636. The van der Waals surface area contributed by atoms with Gasteiger partial charge < -0.3 is 10.1 Å². The van der Waals surface area contributed by atoms with Crippen LogP contribution in [-0.4, -0.2) is 26.3 Å². The minimum atomic E-state index is -4.01. The average Bonchev–Trinajstić information content (AvgIpc) is 2.24. The third-order valence-electron chi connectivity index (χ3n) is 2.11. The summed E-state index contributed by atoms with van der Waals surface area (Å²) in [5.74, 6) is 0. The molecule has 0 atom stereocenters. The minimum Gasteiger partial charge on any atom is -0.444 e. The second-order valence-corrected chi connectivity index (χ2v) is 7.46. The van der Waals surface area contributed by atoms with Crippen LogP contribution in [0, 0.1) is 5.41 Å². The van der Waals surface area contributed by atoms with Gasteiger partial charge in [-0.2, -0.15) is 0 Å². The molecule has 1 aromatic carbocycles. The molecule has 0 saturated carbocycles. The summed E-state index contributed by atoms with van der Waals surface area (Å²) in [6.07, 6.45) is 0.0619. The fraction of sp³-hybridized carbons (Fsp3) is 0.333. The van der Waals surface area contributed by atoms with Crippen molar-refractivity contribution in [2.75, 3.05) is 5.32 Å². The fourth-order valence-electron chi connectivity index (χ4n) is 1.43. The highest BCUT2D eigenvalue weighted by Crippen LogP contribution is 2.25. The number of hydrogen-bond acceptors (Lipinski definition) is 5. The molecule has 1 aromatic rings. The summed E-state index contributed by atoms with van der Waals surface area (Å²) >= 11 is 0. The number of carbonyl (C=O) groups is 1. The van der Waals surface area contributed by atoms with Crippen molar-refractivity contribution in [3.05, 3.63) is 23.8 Å². The van der Waals surface area contributed by atoms with Crippen LogP contribution >= 0.6 is 10.7 Å². The molecular weight excluding hydrogens is 304 g/mol. The summed E-state index contributed by atoms with van der Waals surface area (Å²) in [6.45, 7) is 5.09. The van der Waals surface area contributed by atoms with Gasteiger partial charge >= 0.3 is 6.09 Å². The molecule has 0 spiro atoms. The smallest absolute Gasteiger partial charge is 0.412 e. The van der Waals surface area contributed by atoms with Crippen LogP contribution in [0.25, 0.3) is 0 Å². The van der Waals surface area contributed by atoms with Gasteiger partial charge in [-0.15, -0.1) is 0 Å². The molecule has 2 N–H and O–H groups in total. The lowest BCUT2D eigenvalue weighted by Crippen LogP contribution is -2.27. The SMILES string of the molecule is CC(C)(C)OC(=O)Nc1cccc(S(=O)(=O)Cl)c1C=N. The first-order valence-electron chi connectivity index (χ1n) is 5.63. The predicted molar refractivity (Wildman–Crippen MR) is 77.2 cm³/mol. The summed E-state index contributed by atoms with van der Waals surface area (Å²) < 4.78 is 27.9. The van der Waals surface area contributed by atoms with Crippen LogP contribution in [0.1, 0.15) is 26.3 Å². The van der Waals surface area contributed by atoms with Crippen molar-refractivity contribution in [1.29, 1.82) is 5.41 Å². The number of amides is 1. The Balaban J connectivity index is 3.15. The minimum absolute atomic E-state index is 0.00615. The molecule has 0 heterocycles. The Hall–Kier alpha value is -1.60. The van der Waals surface area contributed by atoms with Gasteiger partial charge in [0, 0.05) is 22.5 Å². The van der Waals surface area contributed by atoms with Gasteiger partial charge in [-0.1, -0.05) is 6.07 Å². The van der Waals surface area contributed by atoms with Crippen molar-refractivity contribution >= 4 is 37.7 Å². The van der Waals surface area contributed by atoms with Crippen LogP contribution in [-0.2, 0) is 13.8 Å². The molecule has 110 valence electrons. The first-order valence-corrected chi connectivity index (χ1v) is 7.93. The van der Waals surface area contributed by atoms with Crippen LogP contribution in [0.3, 0.4) is 0 Å². The molecule has 0 aromatic heterocycles. The quantitative estimate of drug-likeness (QED) is 0.661. The third kappa shape index (κ3) is 4.50. The van der Waals surface area contributed by atoms with E-state index in [1.165, 1.54) is 18.2 Å². The van der Waals surface area contributed by atoms with Gasteiger partial charge in [0.05, 0.1) is 10.6 Å². The van der Waals surface area contributed by atoms with Gasteiger partial charge in [-0.3, -0.25) is 5.32 Å². The van der Waals surface area contributed by atoms with E-state index in [4.69, 9.17) is 20.8 Å². The predicted octanol–water partition coefficient (Wildman–Crippen LogP) is 2.96. The van der Waals surface area contributed by atoms with Gasteiger partial charge in [-0.05, 0) is 32.9 Å². The Labute approximate surface area is 122 Å². The Kier molecular flexibility index (Phi) is 4.77. The van der Waals surface area contributed by atoms with E-state index in [0.717, 1.165) is 6.21 Å². The molecular formula is C12H15ClN2O4S. The van der Waals surface area contributed by atoms with Gasteiger partial charge in [0.15, 0.2) is 0 Å². The van der Waals surface area contributed by atoms with E-state index in [0.29, 0.717) is 0 Å². The maximum Gasteiger partial charge on any atom is 0.412 e. The lowest BCUT2D eigenvalue weighted by atomic mass is 10.2. The average molecular weight is 319 g/mol. The summed E-state index contributed by atoms with van der Waals surface area (Å²) in [7, 11) is 1.27. The number of hydrogen-bond donors (Lipinski definition) is 2. The molecule has 20 heavy (non-hydrogen) atoms. The molecule has 0 fully saturated rings. The standard InChI is InChI=1S/C12H15ClN2O4S/c1-12(2,3)19-11(16)15-9-5-4-6-10(8(9)7-14)20(13,17)18/h4-7,14H,1-3H3,(H,15,16). The molecule has 0 saturated heterocycles. The van der Waals surface area contributed by atoms with Crippen molar-refractivity contribution in [3.8, 4) is 0 Å². The number of rotatable bonds is 3. The Morgan fingerprint density at radius 3 is 2.45 bits per heavy atom. The van der Waals surface area contributed by atoms with Crippen molar-refractivity contribution in [2.45, 2.75) is 31.3 Å². The molecule has 0 aliphatic rings. The number of anilines is 1. The highest BCUT2D eigenvalue weighted by Gasteiger charge is 2.20. The maximum absolute atomic E-state index is 11.7. The number of nitrogens with one attached hydrogen (secondary N) is 2. The molecule has 0 bridgehead atoms. The molecule has 0 aliphatic heterocycles. The number of halogens is 1. The molecule has 6 nitrogen and oxygen atoms in total. The fourth-order valence-corrected chi connectivity index (χ4v) is 2.50. The van der Waals surface area contributed by atoms with Crippen LogP contribution in [0.4, 0.5) is 10.5 Å². The van der Waals surface area contributed by atoms with Crippen molar-refractivity contribution in [1.82, 2.24) is 0 Å². The molecule has 1 rings (SSSR count). The monoisotopic (exact) mass is 318 g/mol. The largest absolute Gasteiger partial charge is 0.444 e. The summed E-state index contributed by atoms with van der Waals surface area (Å²) in [5, 5.41) is 9.68. The zero-order chi connectivity index (χ0) is 15.6. The first kappa shape index (κ1) is 16.5. The molecule has 0 radical (unpaired) electrons. The van der Waals surface area contributed by atoms with Crippen molar-refractivity contribution in [2.24, 2.45) is 0 Å². The zero-order valence-electron chi connectivity index (χ0n) is 11.2. The topological polar surface area (TPSA) is 96.3 Å². The van der Waals surface area contributed by atoms with Crippen molar-refractivity contribution in [3.63, 3.8) is 0 Å². The summed E-state index contributed by atoms with van der Waals surface area (Å²) in [6, 6.07) is 4.12. The highest BCUT2D eigenvalue weighted by molar-refractivity contribution is 8.13. The van der Waals surface area contributed by atoms with Crippen molar-refractivity contribution < 1.29 is 17.9 Å². The Bertz CT molecular complexity index is 635. The summed E-state index contributed by atoms with van der Waals surface area (Å²) in [4.78, 5) is 11.4. The zero-order valence-corrected chi connectivity index (χ0v) is 12.8. The van der Waals surface area contributed by atoms with Gasteiger partial charge in [0.25, 0.3) is 9.05 Å². The van der Waals surface area contributed by atoms with E-state index in [9.17, 15) is 13.2 Å². The Morgan fingerprint density at radius 2 is 2.00 bits per heavy atom. The second kappa shape index (κ2) is 5.80. The van der Waals surface area contributed by atoms with E-state index in [-0.39, 0.29) is 16.1 Å². The van der Waals surface area contributed by atoms with Crippen LogP contribution in [0.5, 0.6) is 0 Å². The molecule has 0 aliphatic carbocycles. The van der Waals surface area contributed by atoms with E-state index < -0.39 is 20.7 Å². The van der Waals surface area contributed by atoms with Crippen LogP contribution in [0.15, 0.2) is 23.1 Å². The van der Waals surface area contributed by atoms with E-state index in [1.807, 2.05) is 0 Å². The second-order valence-electron chi connectivity index (χ2n) is 4.93. The van der Waals surface area contributed by atoms with Gasteiger partial charge in [-0.25, -0.2) is 13.2 Å². The first-order chi connectivity index (χ1) is 9.04. The normalized spacial score (nSPS) is 11.8. The molecule has 0 unspecified atom stereocenters. The summed E-state index contributed by atoms with van der Waals surface area (Å²) in [5.41, 5.74) is -0.560. The van der Waals surface area contributed by atoms with E-state index >= 15 is 0 Å². The molecule has 8 heteroatoms. The molecule has 1 amide bonds. The lowest BCUT2D eigenvalue weighted by Gasteiger charge is -2.20. The highest BCUT2D eigenvalue weighted by atomic mass is 35.7. The van der Waals surface area contributed by atoms with Gasteiger partial charge in [0.1, 0.15) is 5.60 Å². The van der Waals surface area contributed by atoms with E-state index in [1.54, 1.807) is 20.8 Å². The number of ether oxygens (including phenoxy) is 1. The maximum atomic E-state index is 11.7. The van der Waals surface area contributed by atoms with Crippen LogP contribution < -0.4 is 5.32 Å².